The topological polar surface area (TPSA) is 66.5 Å². The van der Waals surface area contributed by atoms with E-state index in [-0.39, 0.29) is 10.6 Å². The molecule has 0 bridgehead atoms. The third-order valence-corrected chi connectivity index (χ3v) is 4.66. The van der Waals surface area contributed by atoms with Crippen LogP contribution in [-0.2, 0) is 9.59 Å². The van der Waals surface area contributed by atoms with E-state index in [1.807, 2.05) is 31.2 Å². The minimum atomic E-state index is -0.947. The van der Waals surface area contributed by atoms with Crippen molar-refractivity contribution >= 4 is 40.6 Å². The normalized spacial score (nSPS) is 15.5. The molecule has 3 rings (SSSR count). The number of rotatable bonds is 4. The van der Waals surface area contributed by atoms with Crippen molar-refractivity contribution in [2.45, 2.75) is 6.92 Å². The first-order chi connectivity index (χ1) is 12.8. The van der Waals surface area contributed by atoms with Crippen LogP contribution in [0.5, 0.6) is 0 Å². The first kappa shape index (κ1) is 18.8. The fourth-order valence-corrected chi connectivity index (χ4v) is 3.21. The van der Waals surface area contributed by atoms with Crippen molar-refractivity contribution in [3.8, 4) is 0 Å². The molecule has 2 aromatic rings. The van der Waals surface area contributed by atoms with Gasteiger partial charge in [-0.25, -0.2) is 8.78 Å². The Morgan fingerprint density at radius 1 is 1.15 bits per heavy atom. The maximum absolute atomic E-state index is 13.6. The van der Waals surface area contributed by atoms with E-state index >= 15 is 0 Å². The van der Waals surface area contributed by atoms with Gasteiger partial charge in [-0.15, -0.1) is 0 Å². The van der Waals surface area contributed by atoms with E-state index in [1.165, 1.54) is 0 Å². The van der Waals surface area contributed by atoms with Gasteiger partial charge in [0.2, 0.25) is 5.91 Å². The largest absolute Gasteiger partial charge is 0.322 e. The molecule has 1 heterocycles. The van der Waals surface area contributed by atoms with Crippen LogP contribution in [0.4, 0.5) is 19.3 Å². The lowest BCUT2D eigenvalue weighted by atomic mass is 10.1. The SMILES string of the molecule is Cc1ccc(/C=C2/SC(=O)N(CC(=O)Nc3ccc(F)cc3F)C2=O)cc1. The Balaban J connectivity index is 1.69. The van der Waals surface area contributed by atoms with Gasteiger partial charge < -0.3 is 5.32 Å². The van der Waals surface area contributed by atoms with Gasteiger partial charge in [0.15, 0.2) is 0 Å². The van der Waals surface area contributed by atoms with Gasteiger partial charge in [-0.05, 0) is 42.5 Å². The number of hydrogen-bond acceptors (Lipinski definition) is 4. The van der Waals surface area contributed by atoms with Crippen LogP contribution in [0, 0.1) is 18.6 Å². The predicted octanol–water partition coefficient (Wildman–Crippen LogP) is 3.95. The monoisotopic (exact) mass is 388 g/mol. The van der Waals surface area contributed by atoms with Crippen molar-refractivity contribution in [1.29, 1.82) is 0 Å². The Hall–Kier alpha value is -3.00. The quantitative estimate of drug-likeness (QED) is 0.806. The van der Waals surface area contributed by atoms with Crippen LogP contribution >= 0.6 is 11.8 Å². The number of nitrogens with one attached hydrogen (secondary N) is 1. The first-order valence-corrected chi connectivity index (χ1v) is 8.72. The van der Waals surface area contributed by atoms with Gasteiger partial charge in [-0.3, -0.25) is 19.3 Å². The number of thioether (sulfide) groups is 1. The average molecular weight is 388 g/mol. The molecule has 0 unspecified atom stereocenters. The van der Waals surface area contributed by atoms with Crippen LogP contribution in [0.15, 0.2) is 47.4 Å². The molecule has 1 aliphatic heterocycles. The number of anilines is 1. The molecule has 0 aliphatic carbocycles. The molecule has 2 aromatic carbocycles. The fraction of sp³-hybridized carbons (Fsp3) is 0.105. The lowest BCUT2D eigenvalue weighted by Crippen LogP contribution is -2.36. The van der Waals surface area contributed by atoms with Gasteiger partial charge in [0.05, 0.1) is 10.6 Å². The molecular weight excluding hydrogens is 374 g/mol. The molecule has 0 radical (unpaired) electrons. The third-order valence-electron chi connectivity index (χ3n) is 3.76. The molecule has 1 aliphatic rings. The molecule has 1 fully saturated rings. The van der Waals surface area contributed by atoms with Gasteiger partial charge in [0, 0.05) is 6.07 Å². The second-order valence-corrected chi connectivity index (χ2v) is 6.84. The summed E-state index contributed by atoms with van der Waals surface area (Å²) >= 11 is 0.729. The lowest BCUT2D eigenvalue weighted by molar-refractivity contribution is -0.127. The Bertz CT molecular complexity index is 958. The average Bonchev–Trinajstić information content (AvgIpc) is 2.87. The Kier molecular flexibility index (Phi) is 5.36. The molecule has 1 saturated heterocycles. The predicted molar refractivity (Wildman–Crippen MR) is 98.8 cm³/mol. The summed E-state index contributed by atoms with van der Waals surface area (Å²) in [5.74, 6) is -3.09. The number of carbonyl (C=O) groups excluding carboxylic acids is 3. The first-order valence-electron chi connectivity index (χ1n) is 7.90. The van der Waals surface area contributed by atoms with Gasteiger partial charge in [-0.1, -0.05) is 29.8 Å². The number of aryl methyl sites for hydroxylation is 1. The standard InChI is InChI=1S/C19H14F2N2O3S/c1-11-2-4-12(5-3-11)8-16-18(25)23(19(26)27-16)10-17(24)22-15-7-6-13(20)9-14(15)21/h2-9H,10H2,1H3,(H,22,24)/b16-8+. The van der Waals surface area contributed by atoms with Gasteiger partial charge in [-0.2, -0.15) is 0 Å². The summed E-state index contributed by atoms with van der Waals surface area (Å²) in [5, 5.41) is 1.63. The smallest absolute Gasteiger partial charge is 0.294 e. The Morgan fingerprint density at radius 2 is 1.85 bits per heavy atom. The van der Waals surface area contributed by atoms with Crippen LogP contribution < -0.4 is 5.32 Å². The molecular formula is C19H14F2N2O3S. The molecule has 138 valence electrons. The van der Waals surface area contributed by atoms with Gasteiger partial charge in [0.1, 0.15) is 18.2 Å². The summed E-state index contributed by atoms with van der Waals surface area (Å²) in [6.07, 6.45) is 1.57. The van der Waals surface area contributed by atoms with E-state index < -0.39 is 35.2 Å². The highest BCUT2D eigenvalue weighted by molar-refractivity contribution is 8.18. The number of imide groups is 1. The maximum Gasteiger partial charge on any atom is 0.294 e. The zero-order valence-electron chi connectivity index (χ0n) is 14.2. The van der Waals surface area contributed by atoms with Gasteiger partial charge in [0.25, 0.3) is 11.1 Å². The number of carbonyl (C=O) groups is 3. The summed E-state index contributed by atoms with van der Waals surface area (Å²) in [4.78, 5) is 37.5. The Morgan fingerprint density at radius 3 is 2.52 bits per heavy atom. The van der Waals surface area contributed by atoms with Crippen LogP contribution in [0.2, 0.25) is 0 Å². The Labute approximate surface area is 158 Å². The number of hydrogen-bond donors (Lipinski definition) is 1. The molecule has 3 amide bonds. The second-order valence-electron chi connectivity index (χ2n) is 5.85. The number of halogens is 2. The molecule has 27 heavy (non-hydrogen) atoms. The van der Waals surface area contributed by atoms with Crippen molar-refractivity contribution in [1.82, 2.24) is 4.90 Å². The zero-order chi connectivity index (χ0) is 19.6. The molecule has 0 spiro atoms. The van der Waals surface area contributed by atoms with E-state index in [9.17, 15) is 23.2 Å². The van der Waals surface area contributed by atoms with Gasteiger partial charge >= 0.3 is 0 Å². The maximum atomic E-state index is 13.6. The number of benzene rings is 2. The highest BCUT2D eigenvalue weighted by Crippen LogP contribution is 2.32. The summed E-state index contributed by atoms with van der Waals surface area (Å²) in [6.45, 7) is 1.37. The van der Waals surface area contributed by atoms with Crippen LogP contribution in [-0.4, -0.2) is 28.5 Å². The molecule has 0 aromatic heterocycles. The number of nitrogens with zero attached hydrogens (tertiary/aromatic N) is 1. The highest BCUT2D eigenvalue weighted by Gasteiger charge is 2.36. The molecule has 8 heteroatoms. The lowest BCUT2D eigenvalue weighted by Gasteiger charge is -2.12. The minimum Gasteiger partial charge on any atom is -0.322 e. The summed E-state index contributed by atoms with van der Waals surface area (Å²) in [6, 6.07) is 10.1. The van der Waals surface area contributed by atoms with Crippen molar-refractivity contribution in [2.75, 3.05) is 11.9 Å². The molecule has 5 nitrogen and oxygen atoms in total. The second kappa shape index (κ2) is 7.71. The van der Waals surface area contributed by atoms with E-state index in [0.29, 0.717) is 6.07 Å². The van der Waals surface area contributed by atoms with E-state index in [2.05, 4.69) is 5.32 Å². The van der Waals surface area contributed by atoms with Crippen molar-refractivity contribution in [3.05, 3.63) is 70.1 Å². The summed E-state index contributed by atoms with van der Waals surface area (Å²) in [5.41, 5.74) is 1.58. The van der Waals surface area contributed by atoms with E-state index in [4.69, 9.17) is 0 Å². The van der Waals surface area contributed by atoms with Crippen LogP contribution in [0.1, 0.15) is 11.1 Å². The summed E-state index contributed by atoms with van der Waals surface area (Å²) in [7, 11) is 0. The molecule has 1 N–H and O–H groups in total. The minimum absolute atomic E-state index is 0.199. The van der Waals surface area contributed by atoms with E-state index in [0.717, 1.165) is 39.9 Å². The highest BCUT2D eigenvalue weighted by atomic mass is 32.2. The van der Waals surface area contributed by atoms with Crippen LogP contribution in [0.25, 0.3) is 6.08 Å². The third kappa shape index (κ3) is 4.40. The number of amides is 3. The van der Waals surface area contributed by atoms with Crippen molar-refractivity contribution < 1.29 is 23.2 Å². The molecule has 0 atom stereocenters. The van der Waals surface area contributed by atoms with E-state index in [1.54, 1.807) is 6.08 Å². The van der Waals surface area contributed by atoms with Crippen molar-refractivity contribution in [3.63, 3.8) is 0 Å². The van der Waals surface area contributed by atoms with Crippen LogP contribution in [0.3, 0.4) is 0 Å². The summed E-state index contributed by atoms with van der Waals surface area (Å²) < 4.78 is 26.5. The molecule has 0 saturated carbocycles. The van der Waals surface area contributed by atoms with Crippen molar-refractivity contribution in [2.24, 2.45) is 0 Å². The fourth-order valence-electron chi connectivity index (χ4n) is 2.37. The zero-order valence-corrected chi connectivity index (χ0v) is 15.0.